The Labute approximate surface area is 135 Å². The fourth-order valence-electron chi connectivity index (χ4n) is 2.24. The van der Waals surface area contributed by atoms with Gasteiger partial charge in [-0.25, -0.2) is 0 Å². The van der Waals surface area contributed by atoms with Crippen LogP contribution in [0.3, 0.4) is 0 Å². The highest BCUT2D eigenvalue weighted by molar-refractivity contribution is 5.95. The quantitative estimate of drug-likeness (QED) is 0.851. The Morgan fingerprint density at radius 3 is 2.26 bits per heavy atom. The second-order valence-corrected chi connectivity index (χ2v) is 5.12. The third kappa shape index (κ3) is 4.85. The zero-order chi connectivity index (χ0) is 16.7. The minimum Gasteiger partial charge on any atom is -0.497 e. The van der Waals surface area contributed by atoms with Crippen molar-refractivity contribution in [3.63, 3.8) is 0 Å². The number of para-hydroxylation sites is 1. The highest BCUT2D eigenvalue weighted by Crippen LogP contribution is 2.17. The number of benzene rings is 2. The van der Waals surface area contributed by atoms with Crippen LogP contribution < -0.4 is 15.4 Å². The van der Waals surface area contributed by atoms with Crippen LogP contribution in [0.2, 0.25) is 0 Å². The van der Waals surface area contributed by atoms with Gasteiger partial charge in [-0.1, -0.05) is 30.3 Å². The van der Waals surface area contributed by atoms with Crippen molar-refractivity contribution >= 4 is 17.5 Å². The summed E-state index contributed by atoms with van der Waals surface area (Å²) in [6.07, 6.45) is 0.376. The summed E-state index contributed by atoms with van der Waals surface area (Å²) in [6.45, 7) is 0.272. The van der Waals surface area contributed by atoms with Crippen LogP contribution in [0.15, 0.2) is 54.6 Å². The molecule has 0 unspecified atom stereocenters. The van der Waals surface area contributed by atoms with Crippen LogP contribution in [0.1, 0.15) is 12.0 Å². The van der Waals surface area contributed by atoms with Gasteiger partial charge in [0.25, 0.3) is 0 Å². The molecule has 0 aromatic heterocycles. The van der Waals surface area contributed by atoms with Crippen molar-refractivity contribution in [3.05, 3.63) is 60.2 Å². The second-order valence-electron chi connectivity index (χ2n) is 5.12. The molecule has 0 saturated heterocycles. The van der Waals surface area contributed by atoms with Crippen molar-refractivity contribution in [1.82, 2.24) is 0 Å². The molecule has 2 rings (SSSR count). The third-order valence-corrected chi connectivity index (χ3v) is 3.47. The molecule has 0 atom stereocenters. The Morgan fingerprint density at radius 1 is 1.04 bits per heavy atom. The summed E-state index contributed by atoms with van der Waals surface area (Å²) in [7, 11) is 1.60. The normalized spacial score (nSPS) is 10.1. The molecule has 0 fully saturated rings. The highest BCUT2D eigenvalue weighted by atomic mass is 16.5. The number of rotatable bonds is 7. The fraction of sp³-hybridized carbons (Fsp3) is 0.222. The maximum absolute atomic E-state index is 12.6. The summed E-state index contributed by atoms with van der Waals surface area (Å²) in [5.74, 6) is 0.237. The standard InChI is InChI=1S/C18H20N2O3/c1-23-16-9-7-14(8-10-16)13-18(22)20(12-11-17(19)21)15-5-3-2-4-6-15/h2-10H,11-13H2,1H3,(H2,19,21). The van der Waals surface area contributed by atoms with Crippen LogP contribution in [-0.2, 0) is 16.0 Å². The summed E-state index contributed by atoms with van der Waals surface area (Å²) in [5.41, 5.74) is 6.85. The van der Waals surface area contributed by atoms with E-state index in [4.69, 9.17) is 10.5 Å². The summed E-state index contributed by atoms with van der Waals surface area (Å²) in [6, 6.07) is 16.6. The van der Waals surface area contributed by atoms with Gasteiger partial charge in [-0.15, -0.1) is 0 Å². The lowest BCUT2D eigenvalue weighted by Crippen LogP contribution is -2.35. The molecule has 2 aromatic carbocycles. The summed E-state index contributed by atoms with van der Waals surface area (Å²) in [4.78, 5) is 25.3. The minimum absolute atomic E-state index is 0.0809. The first-order valence-electron chi connectivity index (χ1n) is 7.37. The van der Waals surface area contributed by atoms with Crippen molar-refractivity contribution in [1.29, 1.82) is 0 Å². The lowest BCUT2D eigenvalue weighted by Gasteiger charge is -2.22. The molecule has 0 bridgehead atoms. The summed E-state index contributed by atoms with van der Waals surface area (Å²) < 4.78 is 5.11. The van der Waals surface area contributed by atoms with E-state index in [-0.39, 0.29) is 25.3 Å². The number of ether oxygens (including phenoxy) is 1. The van der Waals surface area contributed by atoms with Gasteiger partial charge in [0.05, 0.1) is 13.5 Å². The van der Waals surface area contributed by atoms with Crippen molar-refractivity contribution in [3.8, 4) is 5.75 Å². The smallest absolute Gasteiger partial charge is 0.231 e. The van der Waals surface area contributed by atoms with Crippen LogP contribution in [0.5, 0.6) is 5.75 Å². The Balaban J connectivity index is 2.13. The molecule has 0 heterocycles. The van der Waals surface area contributed by atoms with Crippen molar-refractivity contribution < 1.29 is 14.3 Å². The molecule has 2 amide bonds. The van der Waals surface area contributed by atoms with Gasteiger partial charge < -0.3 is 15.4 Å². The van der Waals surface area contributed by atoms with E-state index in [1.165, 1.54) is 0 Å². The molecule has 0 aliphatic carbocycles. The SMILES string of the molecule is COc1ccc(CC(=O)N(CCC(N)=O)c2ccccc2)cc1. The number of carbonyl (C=O) groups excluding carboxylic acids is 2. The van der Waals surface area contributed by atoms with E-state index in [1.54, 1.807) is 12.0 Å². The van der Waals surface area contributed by atoms with Gasteiger partial charge in [-0.05, 0) is 29.8 Å². The Bertz CT molecular complexity index is 654. The van der Waals surface area contributed by atoms with Crippen molar-refractivity contribution in [2.45, 2.75) is 12.8 Å². The molecule has 0 saturated carbocycles. The van der Waals surface area contributed by atoms with Gasteiger partial charge in [0.1, 0.15) is 5.75 Å². The third-order valence-electron chi connectivity index (χ3n) is 3.47. The zero-order valence-corrected chi connectivity index (χ0v) is 13.1. The molecule has 120 valence electrons. The van der Waals surface area contributed by atoms with E-state index in [9.17, 15) is 9.59 Å². The first-order valence-corrected chi connectivity index (χ1v) is 7.37. The predicted molar refractivity (Wildman–Crippen MR) is 89.3 cm³/mol. The van der Waals surface area contributed by atoms with Gasteiger partial charge >= 0.3 is 0 Å². The van der Waals surface area contributed by atoms with Gasteiger partial charge in [0, 0.05) is 18.7 Å². The molecular weight excluding hydrogens is 292 g/mol. The number of methoxy groups -OCH3 is 1. The van der Waals surface area contributed by atoms with E-state index in [1.807, 2.05) is 54.6 Å². The first kappa shape index (κ1) is 16.5. The molecule has 0 aliphatic rings. The zero-order valence-electron chi connectivity index (χ0n) is 13.1. The summed E-state index contributed by atoms with van der Waals surface area (Å²) >= 11 is 0. The predicted octanol–water partition coefficient (Wildman–Crippen LogP) is 2.15. The highest BCUT2D eigenvalue weighted by Gasteiger charge is 2.16. The summed E-state index contributed by atoms with van der Waals surface area (Å²) in [5, 5.41) is 0. The van der Waals surface area contributed by atoms with Crippen molar-refractivity contribution in [2.24, 2.45) is 5.73 Å². The van der Waals surface area contributed by atoms with Crippen LogP contribution in [0.25, 0.3) is 0 Å². The number of nitrogens with zero attached hydrogens (tertiary/aromatic N) is 1. The Hall–Kier alpha value is -2.82. The number of carbonyl (C=O) groups is 2. The van der Waals surface area contributed by atoms with Crippen LogP contribution in [0.4, 0.5) is 5.69 Å². The average molecular weight is 312 g/mol. The maximum Gasteiger partial charge on any atom is 0.231 e. The molecule has 5 heteroatoms. The molecule has 0 spiro atoms. The van der Waals surface area contributed by atoms with E-state index in [2.05, 4.69) is 0 Å². The van der Waals surface area contributed by atoms with E-state index >= 15 is 0 Å². The van der Waals surface area contributed by atoms with Gasteiger partial charge in [-0.3, -0.25) is 9.59 Å². The number of primary amides is 1. The topological polar surface area (TPSA) is 72.6 Å². The maximum atomic E-state index is 12.6. The fourth-order valence-corrected chi connectivity index (χ4v) is 2.24. The number of anilines is 1. The van der Waals surface area contributed by atoms with E-state index in [0.717, 1.165) is 17.0 Å². The number of amides is 2. The average Bonchev–Trinajstić information content (AvgIpc) is 2.56. The van der Waals surface area contributed by atoms with Crippen LogP contribution in [-0.4, -0.2) is 25.5 Å². The van der Waals surface area contributed by atoms with E-state index in [0.29, 0.717) is 0 Å². The van der Waals surface area contributed by atoms with E-state index < -0.39 is 5.91 Å². The number of hydrogen-bond donors (Lipinski definition) is 1. The largest absolute Gasteiger partial charge is 0.497 e. The van der Waals surface area contributed by atoms with Gasteiger partial charge in [-0.2, -0.15) is 0 Å². The van der Waals surface area contributed by atoms with Gasteiger partial charge in [0.15, 0.2) is 0 Å². The Kier molecular flexibility index (Phi) is 5.74. The molecule has 0 radical (unpaired) electrons. The monoisotopic (exact) mass is 312 g/mol. The molecule has 23 heavy (non-hydrogen) atoms. The van der Waals surface area contributed by atoms with Crippen LogP contribution >= 0.6 is 0 Å². The minimum atomic E-state index is -0.428. The Morgan fingerprint density at radius 2 is 1.70 bits per heavy atom. The first-order chi connectivity index (χ1) is 11.1. The van der Waals surface area contributed by atoms with Crippen LogP contribution in [0, 0.1) is 0 Å². The lowest BCUT2D eigenvalue weighted by atomic mass is 10.1. The molecular formula is C18H20N2O3. The van der Waals surface area contributed by atoms with Gasteiger partial charge in [0.2, 0.25) is 11.8 Å². The second kappa shape index (κ2) is 7.98. The molecule has 2 aromatic rings. The number of nitrogens with two attached hydrogens (primary N) is 1. The lowest BCUT2D eigenvalue weighted by molar-refractivity contribution is -0.118. The molecule has 2 N–H and O–H groups in total. The van der Waals surface area contributed by atoms with Crippen molar-refractivity contribution in [2.75, 3.05) is 18.6 Å². The molecule has 5 nitrogen and oxygen atoms in total. The number of hydrogen-bond acceptors (Lipinski definition) is 3. The molecule has 0 aliphatic heterocycles.